The first-order valence-electron chi connectivity index (χ1n) is 6.58. The molecule has 1 aliphatic rings. The molecule has 0 bridgehead atoms. The first-order valence-corrected chi connectivity index (χ1v) is 6.58. The van der Waals surface area contributed by atoms with Gasteiger partial charge in [0.05, 0.1) is 0 Å². The molecular formula is C14H20N2O3. The van der Waals surface area contributed by atoms with Crippen molar-refractivity contribution in [2.75, 3.05) is 5.32 Å². The number of rotatable bonds is 2. The van der Waals surface area contributed by atoms with Gasteiger partial charge in [0, 0.05) is 12.2 Å². The number of carbonyl (C=O) groups is 1. The molecule has 5 heteroatoms. The third-order valence-electron chi connectivity index (χ3n) is 3.08. The summed E-state index contributed by atoms with van der Waals surface area (Å²) in [6.07, 6.45) is 4.37. The lowest BCUT2D eigenvalue weighted by Crippen LogP contribution is -2.33. The highest BCUT2D eigenvalue weighted by Gasteiger charge is 2.22. The second-order valence-corrected chi connectivity index (χ2v) is 5.85. The quantitative estimate of drug-likeness (QED) is 0.893. The average molecular weight is 264 g/mol. The number of anilines is 1. The van der Waals surface area contributed by atoms with Gasteiger partial charge in [-0.3, -0.25) is 10.1 Å². The van der Waals surface area contributed by atoms with Crippen LogP contribution >= 0.6 is 0 Å². The molecule has 1 heterocycles. The van der Waals surface area contributed by atoms with Crippen LogP contribution in [-0.4, -0.2) is 16.3 Å². The molecule has 0 radical (unpaired) electrons. The van der Waals surface area contributed by atoms with E-state index in [1.165, 1.54) is 0 Å². The van der Waals surface area contributed by atoms with Gasteiger partial charge in [-0.15, -0.1) is 0 Å². The largest absolute Gasteiger partial charge is 0.444 e. The maximum absolute atomic E-state index is 12.2. The van der Waals surface area contributed by atoms with E-state index < -0.39 is 11.7 Å². The van der Waals surface area contributed by atoms with Crippen LogP contribution in [0.2, 0.25) is 0 Å². The minimum Gasteiger partial charge on any atom is -0.444 e. The van der Waals surface area contributed by atoms with Crippen molar-refractivity contribution in [3.05, 3.63) is 28.7 Å². The third kappa shape index (κ3) is 3.36. The highest BCUT2D eigenvalue weighted by molar-refractivity contribution is 5.84. The van der Waals surface area contributed by atoms with Crippen LogP contribution in [0.15, 0.2) is 23.1 Å². The van der Waals surface area contributed by atoms with Crippen molar-refractivity contribution >= 4 is 11.8 Å². The number of nitrogens with zero attached hydrogens (tertiary/aromatic N) is 1. The van der Waals surface area contributed by atoms with Crippen molar-refractivity contribution in [2.24, 2.45) is 0 Å². The van der Waals surface area contributed by atoms with E-state index in [0.717, 1.165) is 19.3 Å². The normalized spacial score (nSPS) is 15.7. The molecule has 1 amide bonds. The maximum Gasteiger partial charge on any atom is 0.412 e. The summed E-state index contributed by atoms with van der Waals surface area (Å²) in [4.78, 5) is 23.9. The molecule has 19 heavy (non-hydrogen) atoms. The van der Waals surface area contributed by atoms with Crippen molar-refractivity contribution in [1.82, 2.24) is 4.57 Å². The Bertz CT molecular complexity index is 524. The van der Waals surface area contributed by atoms with Gasteiger partial charge in [0.25, 0.3) is 5.56 Å². The topological polar surface area (TPSA) is 60.3 Å². The minimum absolute atomic E-state index is 0.168. The van der Waals surface area contributed by atoms with E-state index >= 15 is 0 Å². The van der Waals surface area contributed by atoms with Crippen molar-refractivity contribution in [3.63, 3.8) is 0 Å². The van der Waals surface area contributed by atoms with E-state index in [2.05, 4.69) is 5.32 Å². The summed E-state index contributed by atoms with van der Waals surface area (Å²) in [6, 6.07) is 3.64. The molecule has 0 unspecified atom stereocenters. The first-order chi connectivity index (χ1) is 8.87. The van der Waals surface area contributed by atoms with Crippen LogP contribution in [0.1, 0.15) is 46.1 Å². The standard InChI is InChI=1S/C14H20N2O3/c1-14(2,3)19-13(18)15-11-8-5-9-16(12(11)17)10-6-4-7-10/h5,8-10H,4,6-7H2,1-3H3,(H,15,18). The van der Waals surface area contributed by atoms with Gasteiger partial charge in [0.1, 0.15) is 11.3 Å². The molecule has 2 rings (SSSR count). The lowest BCUT2D eigenvalue weighted by atomic mass is 9.93. The number of pyridine rings is 1. The van der Waals surface area contributed by atoms with E-state index in [1.54, 1.807) is 43.7 Å². The summed E-state index contributed by atoms with van der Waals surface area (Å²) in [7, 11) is 0. The number of aromatic nitrogens is 1. The van der Waals surface area contributed by atoms with Crippen molar-refractivity contribution in [2.45, 2.75) is 51.7 Å². The zero-order valence-electron chi connectivity index (χ0n) is 11.6. The summed E-state index contributed by atoms with van der Waals surface area (Å²) >= 11 is 0. The Morgan fingerprint density at radius 3 is 2.63 bits per heavy atom. The molecule has 1 fully saturated rings. The predicted octanol–water partition coefficient (Wildman–Crippen LogP) is 2.92. The molecule has 0 aromatic carbocycles. The monoisotopic (exact) mass is 264 g/mol. The molecule has 1 N–H and O–H groups in total. The van der Waals surface area contributed by atoms with Gasteiger partial charge in [0.15, 0.2) is 0 Å². The lowest BCUT2D eigenvalue weighted by Gasteiger charge is -2.28. The highest BCUT2D eigenvalue weighted by atomic mass is 16.6. The zero-order chi connectivity index (χ0) is 14.0. The van der Waals surface area contributed by atoms with E-state index in [0.29, 0.717) is 0 Å². The van der Waals surface area contributed by atoms with E-state index in [1.807, 2.05) is 0 Å². The summed E-state index contributed by atoms with van der Waals surface area (Å²) < 4.78 is 6.83. The van der Waals surface area contributed by atoms with Gasteiger partial charge in [-0.05, 0) is 52.2 Å². The molecule has 1 aliphatic carbocycles. The van der Waals surface area contributed by atoms with Gasteiger partial charge in [-0.1, -0.05) is 0 Å². The fraction of sp³-hybridized carbons (Fsp3) is 0.571. The van der Waals surface area contributed by atoms with Gasteiger partial charge in [-0.25, -0.2) is 4.79 Å². The maximum atomic E-state index is 12.2. The van der Waals surface area contributed by atoms with Crippen molar-refractivity contribution in [1.29, 1.82) is 0 Å². The molecular weight excluding hydrogens is 244 g/mol. The first kappa shape index (κ1) is 13.6. The van der Waals surface area contributed by atoms with Crippen molar-refractivity contribution in [3.8, 4) is 0 Å². The Labute approximate surface area is 112 Å². The molecule has 0 atom stereocenters. The number of amides is 1. The number of hydrogen-bond donors (Lipinski definition) is 1. The van der Waals surface area contributed by atoms with Crippen molar-refractivity contribution < 1.29 is 9.53 Å². The fourth-order valence-electron chi connectivity index (χ4n) is 1.97. The van der Waals surface area contributed by atoms with Gasteiger partial charge >= 0.3 is 6.09 Å². The van der Waals surface area contributed by atoms with E-state index in [4.69, 9.17) is 4.74 Å². The van der Waals surface area contributed by atoms with Crippen LogP contribution in [0.3, 0.4) is 0 Å². The Hall–Kier alpha value is -1.78. The van der Waals surface area contributed by atoms with Crippen LogP contribution in [0, 0.1) is 0 Å². The van der Waals surface area contributed by atoms with Crippen LogP contribution in [0.25, 0.3) is 0 Å². The number of hydrogen-bond acceptors (Lipinski definition) is 3. The number of carbonyl (C=O) groups excluding carboxylic acids is 1. The molecule has 0 saturated heterocycles. The molecule has 0 spiro atoms. The molecule has 1 aromatic heterocycles. The molecule has 1 saturated carbocycles. The van der Waals surface area contributed by atoms with Crippen LogP contribution in [0.5, 0.6) is 0 Å². The smallest absolute Gasteiger partial charge is 0.412 e. The Balaban J connectivity index is 2.12. The third-order valence-corrected chi connectivity index (χ3v) is 3.08. The van der Waals surface area contributed by atoms with Gasteiger partial charge in [-0.2, -0.15) is 0 Å². The number of ether oxygens (including phenoxy) is 1. The van der Waals surface area contributed by atoms with Crippen LogP contribution in [0.4, 0.5) is 10.5 Å². The van der Waals surface area contributed by atoms with Gasteiger partial charge in [0.2, 0.25) is 0 Å². The lowest BCUT2D eigenvalue weighted by molar-refractivity contribution is 0.0635. The Morgan fingerprint density at radius 2 is 2.11 bits per heavy atom. The average Bonchev–Trinajstić information content (AvgIpc) is 2.18. The van der Waals surface area contributed by atoms with E-state index in [-0.39, 0.29) is 17.3 Å². The zero-order valence-corrected chi connectivity index (χ0v) is 11.6. The molecule has 1 aromatic rings. The second kappa shape index (κ2) is 5.07. The fourth-order valence-corrected chi connectivity index (χ4v) is 1.97. The second-order valence-electron chi connectivity index (χ2n) is 5.85. The molecule has 5 nitrogen and oxygen atoms in total. The highest BCUT2D eigenvalue weighted by Crippen LogP contribution is 2.30. The molecule has 104 valence electrons. The minimum atomic E-state index is -0.601. The summed E-state index contributed by atoms with van der Waals surface area (Å²) in [5.74, 6) is 0. The van der Waals surface area contributed by atoms with E-state index in [9.17, 15) is 9.59 Å². The Morgan fingerprint density at radius 1 is 1.42 bits per heavy atom. The summed E-state index contributed by atoms with van der Waals surface area (Å²) in [5, 5.41) is 2.52. The van der Waals surface area contributed by atoms with Crippen LogP contribution < -0.4 is 10.9 Å². The summed E-state index contributed by atoms with van der Waals surface area (Å²) in [6.45, 7) is 5.35. The van der Waals surface area contributed by atoms with Crippen LogP contribution in [-0.2, 0) is 4.74 Å². The number of nitrogens with one attached hydrogen (secondary N) is 1. The Kier molecular flexibility index (Phi) is 3.64. The van der Waals surface area contributed by atoms with Gasteiger partial charge < -0.3 is 9.30 Å². The SMILES string of the molecule is CC(C)(C)OC(=O)Nc1cccn(C2CCC2)c1=O. The predicted molar refractivity (Wildman–Crippen MR) is 73.4 cm³/mol. The summed E-state index contributed by atoms with van der Waals surface area (Å²) in [5.41, 5.74) is -0.479. The molecule has 0 aliphatic heterocycles.